The van der Waals surface area contributed by atoms with Gasteiger partial charge in [0.2, 0.25) is 35.9 Å². The Balaban J connectivity index is 1.94. The van der Waals surface area contributed by atoms with Crippen molar-refractivity contribution < 1.29 is 28.8 Å². The van der Waals surface area contributed by atoms with Crippen molar-refractivity contribution in [1.29, 1.82) is 0 Å². The van der Waals surface area contributed by atoms with Crippen LogP contribution in [0.3, 0.4) is 0 Å². The highest BCUT2D eigenvalue weighted by Gasteiger charge is 2.37. The number of carbonyl (C=O) groups is 6. The molecule has 14 nitrogen and oxygen atoms in total. The van der Waals surface area contributed by atoms with Gasteiger partial charge in [0.15, 0.2) is 0 Å². The van der Waals surface area contributed by atoms with E-state index in [9.17, 15) is 28.8 Å². The predicted octanol–water partition coefficient (Wildman–Crippen LogP) is -1.92. The van der Waals surface area contributed by atoms with E-state index in [0.717, 1.165) is 19.3 Å². The molecule has 2 rings (SSSR count). The fraction of sp³-hybridized carbons (Fsp3) is 0.778. The van der Waals surface area contributed by atoms with Gasteiger partial charge >= 0.3 is 0 Å². The molecule has 8 N–H and O–H groups in total. The largest absolute Gasteiger partial charge is 0.352 e. The smallest absolute Gasteiger partial charge is 0.243 e. The van der Waals surface area contributed by atoms with E-state index < -0.39 is 29.9 Å². The van der Waals surface area contributed by atoms with Gasteiger partial charge in [0.1, 0.15) is 18.1 Å². The van der Waals surface area contributed by atoms with Gasteiger partial charge in [-0.3, -0.25) is 28.8 Å². The first-order chi connectivity index (χ1) is 19.7. The van der Waals surface area contributed by atoms with Gasteiger partial charge in [-0.2, -0.15) is 0 Å². The number of amides is 6. The molecule has 0 bridgehead atoms. The Hall–Kier alpha value is -3.26. The van der Waals surface area contributed by atoms with Crippen LogP contribution < -0.4 is 32.7 Å². The third-order valence-electron chi connectivity index (χ3n) is 7.56. The molecule has 232 valence electrons. The fourth-order valence-corrected chi connectivity index (χ4v) is 5.33. The molecule has 0 spiro atoms. The third-order valence-corrected chi connectivity index (χ3v) is 7.56. The summed E-state index contributed by atoms with van der Waals surface area (Å²) in [6.45, 7) is 3.26. The van der Waals surface area contributed by atoms with Gasteiger partial charge in [0.25, 0.3) is 0 Å². The SMILES string of the molecule is C[C@H](CCCCN)NC(=O)[C@H]1CCCN1C(=O)CNC(=O)[C@H](CCCCN)NC(=O)[C@H]1CCCN1C(=O)CNC=O. The summed E-state index contributed by atoms with van der Waals surface area (Å²) in [6, 6.07) is -2.28. The number of hydrogen-bond acceptors (Lipinski definition) is 8. The Bertz CT molecular complexity index is 903. The maximum absolute atomic E-state index is 13.1. The molecule has 0 radical (unpaired) electrons. The fourth-order valence-electron chi connectivity index (χ4n) is 5.33. The number of hydrogen-bond donors (Lipinski definition) is 6. The number of rotatable bonds is 18. The van der Waals surface area contributed by atoms with E-state index in [2.05, 4.69) is 21.3 Å². The number of nitrogens with one attached hydrogen (secondary N) is 4. The summed E-state index contributed by atoms with van der Waals surface area (Å²) in [5.74, 6) is -1.92. The minimum atomic E-state index is -0.917. The summed E-state index contributed by atoms with van der Waals surface area (Å²) < 4.78 is 0. The number of nitrogens with two attached hydrogens (primary N) is 2. The zero-order chi connectivity index (χ0) is 30.2. The molecule has 14 heteroatoms. The summed E-state index contributed by atoms with van der Waals surface area (Å²) in [7, 11) is 0. The normalized spacial score (nSPS) is 19.8. The predicted molar refractivity (Wildman–Crippen MR) is 152 cm³/mol. The van der Waals surface area contributed by atoms with Crippen LogP contribution in [0, 0.1) is 0 Å². The van der Waals surface area contributed by atoms with E-state index in [1.807, 2.05) is 6.92 Å². The van der Waals surface area contributed by atoms with Crippen LogP contribution >= 0.6 is 0 Å². The lowest BCUT2D eigenvalue weighted by Gasteiger charge is -2.27. The second-order valence-corrected chi connectivity index (χ2v) is 10.7. The van der Waals surface area contributed by atoms with Crippen molar-refractivity contribution in [2.75, 3.05) is 39.3 Å². The molecule has 0 aromatic rings. The van der Waals surface area contributed by atoms with E-state index in [4.69, 9.17) is 11.5 Å². The van der Waals surface area contributed by atoms with Gasteiger partial charge in [0, 0.05) is 19.1 Å². The molecule has 0 aromatic carbocycles. The van der Waals surface area contributed by atoms with Crippen LogP contribution in [0.2, 0.25) is 0 Å². The van der Waals surface area contributed by atoms with Crippen LogP contribution in [0.1, 0.15) is 71.1 Å². The van der Waals surface area contributed by atoms with Crippen molar-refractivity contribution in [2.45, 2.75) is 95.3 Å². The standard InChI is InChI=1S/C27H48N8O6/c1-19(8-2-4-12-28)32-26(40)21-10-6-15-35(21)24(38)17-31-25(39)20(9-3-5-13-29)33-27(41)22-11-7-14-34(22)23(37)16-30-18-36/h18-22H,2-17,28-29H2,1H3,(H,30,36)(H,31,39)(H,32,40)(H,33,41)/t19-,20+,21-,22-/m1/s1. The molecule has 2 aliphatic heterocycles. The molecule has 2 aliphatic rings. The summed E-state index contributed by atoms with van der Waals surface area (Å²) in [4.78, 5) is 77.9. The molecule has 0 aromatic heterocycles. The van der Waals surface area contributed by atoms with E-state index >= 15 is 0 Å². The number of likely N-dealkylation sites (tertiary alicyclic amines) is 2. The molecule has 2 heterocycles. The molecule has 41 heavy (non-hydrogen) atoms. The van der Waals surface area contributed by atoms with Crippen molar-refractivity contribution in [3.63, 3.8) is 0 Å². The monoisotopic (exact) mass is 580 g/mol. The van der Waals surface area contributed by atoms with Crippen LogP contribution in [0.25, 0.3) is 0 Å². The van der Waals surface area contributed by atoms with E-state index in [0.29, 0.717) is 77.5 Å². The maximum atomic E-state index is 13.1. The molecule has 2 fully saturated rings. The molecular formula is C27H48N8O6. The Kier molecular flexibility index (Phi) is 15.1. The zero-order valence-corrected chi connectivity index (χ0v) is 24.2. The first-order valence-corrected chi connectivity index (χ1v) is 14.8. The van der Waals surface area contributed by atoms with Crippen LogP contribution in [0.4, 0.5) is 0 Å². The molecule has 6 amide bonds. The van der Waals surface area contributed by atoms with Crippen molar-refractivity contribution in [3.05, 3.63) is 0 Å². The lowest BCUT2D eigenvalue weighted by molar-refractivity contribution is -0.140. The molecule has 4 atom stereocenters. The van der Waals surface area contributed by atoms with Gasteiger partial charge in [-0.1, -0.05) is 6.42 Å². The highest BCUT2D eigenvalue weighted by Crippen LogP contribution is 2.19. The minimum Gasteiger partial charge on any atom is -0.352 e. The van der Waals surface area contributed by atoms with Gasteiger partial charge in [-0.25, -0.2) is 0 Å². The Morgan fingerprint density at radius 1 is 0.805 bits per heavy atom. The van der Waals surface area contributed by atoms with E-state index in [1.165, 1.54) is 9.80 Å². The Morgan fingerprint density at radius 2 is 1.34 bits per heavy atom. The topological polar surface area (TPSA) is 209 Å². The highest BCUT2D eigenvalue weighted by molar-refractivity contribution is 5.95. The number of unbranched alkanes of at least 4 members (excludes halogenated alkanes) is 2. The molecule has 0 saturated carbocycles. The third kappa shape index (κ3) is 10.9. The zero-order valence-electron chi connectivity index (χ0n) is 24.2. The lowest BCUT2D eigenvalue weighted by atomic mass is 10.1. The Morgan fingerprint density at radius 3 is 1.90 bits per heavy atom. The Labute approximate surface area is 242 Å². The molecular weight excluding hydrogens is 532 g/mol. The highest BCUT2D eigenvalue weighted by atomic mass is 16.2. The average Bonchev–Trinajstić information content (AvgIpc) is 3.65. The van der Waals surface area contributed by atoms with Crippen molar-refractivity contribution >= 4 is 35.9 Å². The van der Waals surface area contributed by atoms with E-state index in [-0.39, 0.29) is 36.9 Å². The first kappa shape index (κ1) is 33.9. The van der Waals surface area contributed by atoms with Crippen molar-refractivity contribution in [2.24, 2.45) is 11.5 Å². The van der Waals surface area contributed by atoms with Gasteiger partial charge in [-0.15, -0.1) is 0 Å². The summed E-state index contributed by atoms with van der Waals surface area (Å²) in [6.07, 6.45) is 6.88. The van der Waals surface area contributed by atoms with Gasteiger partial charge in [0.05, 0.1) is 13.1 Å². The van der Waals surface area contributed by atoms with Crippen LogP contribution in [-0.4, -0.2) is 109 Å². The summed E-state index contributed by atoms with van der Waals surface area (Å²) >= 11 is 0. The first-order valence-electron chi connectivity index (χ1n) is 14.8. The quantitative estimate of drug-likeness (QED) is 0.0793. The average molecular weight is 581 g/mol. The van der Waals surface area contributed by atoms with Crippen LogP contribution in [-0.2, 0) is 28.8 Å². The van der Waals surface area contributed by atoms with E-state index in [1.54, 1.807) is 0 Å². The van der Waals surface area contributed by atoms with Gasteiger partial charge in [-0.05, 0) is 77.8 Å². The van der Waals surface area contributed by atoms with Crippen molar-refractivity contribution in [1.82, 2.24) is 31.1 Å². The van der Waals surface area contributed by atoms with Crippen molar-refractivity contribution in [3.8, 4) is 0 Å². The number of nitrogens with zero attached hydrogens (tertiary/aromatic N) is 2. The summed E-state index contributed by atoms with van der Waals surface area (Å²) in [5.41, 5.74) is 11.1. The lowest BCUT2D eigenvalue weighted by Crippen LogP contribution is -2.55. The second-order valence-electron chi connectivity index (χ2n) is 10.7. The number of carbonyl (C=O) groups excluding carboxylic acids is 6. The molecule has 2 saturated heterocycles. The second kappa shape index (κ2) is 18.2. The minimum absolute atomic E-state index is 0.0310. The van der Waals surface area contributed by atoms with Gasteiger partial charge < -0.3 is 42.5 Å². The maximum Gasteiger partial charge on any atom is 0.243 e. The molecule has 0 unspecified atom stereocenters. The summed E-state index contributed by atoms with van der Waals surface area (Å²) in [5, 5.41) is 10.7. The van der Waals surface area contributed by atoms with Crippen LogP contribution in [0.15, 0.2) is 0 Å². The molecule has 0 aliphatic carbocycles. The van der Waals surface area contributed by atoms with Crippen LogP contribution in [0.5, 0.6) is 0 Å².